The van der Waals surface area contributed by atoms with Crippen LogP contribution in [0.3, 0.4) is 0 Å². The average molecular weight is 412 g/mol. The topological polar surface area (TPSA) is 25.8 Å². The zero-order valence-electron chi connectivity index (χ0n) is 13.1. The Balaban J connectivity index is 2.64. The first-order valence-electron chi connectivity index (χ1n) is 7.07. The molecule has 0 aliphatic rings. The van der Waals surface area contributed by atoms with Crippen molar-refractivity contribution in [1.29, 1.82) is 0 Å². The van der Waals surface area contributed by atoms with Gasteiger partial charge < -0.3 is 0 Å². The van der Waals surface area contributed by atoms with Gasteiger partial charge in [0.25, 0.3) is 0 Å². The van der Waals surface area contributed by atoms with Crippen LogP contribution in [0.25, 0.3) is 0 Å². The van der Waals surface area contributed by atoms with Gasteiger partial charge in [0, 0.05) is 21.8 Å². The van der Waals surface area contributed by atoms with E-state index < -0.39 is 0 Å². The minimum atomic E-state index is -0.212. The first-order valence-corrected chi connectivity index (χ1v) is 8.65. The van der Waals surface area contributed by atoms with Gasteiger partial charge in [0.15, 0.2) is 0 Å². The zero-order valence-corrected chi connectivity index (χ0v) is 16.3. The van der Waals surface area contributed by atoms with Crippen LogP contribution in [0.1, 0.15) is 48.8 Å². The predicted molar refractivity (Wildman–Crippen MR) is 94.9 cm³/mol. The van der Waals surface area contributed by atoms with Crippen LogP contribution in [0.2, 0.25) is 0 Å². The van der Waals surface area contributed by atoms with Crippen molar-refractivity contribution in [2.24, 2.45) is 0 Å². The molecule has 2 aromatic rings. The molecule has 0 unspecified atom stereocenters. The van der Waals surface area contributed by atoms with Gasteiger partial charge in [-0.05, 0) is 65.0 Å². The average Bonchev–Trinajstić information content (AvgIpc) is 2.37. The highest BCUT2D eigenvalue weighted by Gasteiger charge is 2.30. The van der Waals surface area contributed by atoms with Gasteiger partial charge in [-0.1, -0.05) is 36.7 Å². The Morgan fingerprint density at radius 1 is 1.19 bits per heavy atom. The van der Waals surface area contributed by atoms with Gasteiger partial charge in [-0.2, -0.15) is 0 Å². The molecule has 21 heavy (non-hydrogen) atoms. The summed E-state index contributed by atoms with van der Waals surface area (Å²) in [5, 5.41) is 0. The van der Waals surface area contributed by atoms with Gasteiger partial charge in [0.1, 0.15) is 4.60 Å². The van der Waals surface area contributed by atoms with E-state index in [2.05, 4.69) is 70.6 Å². The third kappa shape index (κ3) is 3.07. The summed E-state index contributed by atoms with van der Waals surface area (Å²) < 4.78 is 2.03. The van der Waals surface area contributed by atoms with E-state index in [4.69, 9.17) is 4.98 Å². The quantitative estimate of drug-likeness (QED) is 0.622. The molecule has 0 saturated carbocycles. The maximum absolute atomic E-state index is 4.80. The molecule has 0 bridgehead atoms. The highest BCUT2D eigenvalue weighted by atomic mass is 79.9. The first-order chi connectivity index (χ1) is 9.78. The third-order valence-electron chi connectivity index (χ3n) is 4.01. The van der Waals surface area contributed by atoms with E-state index >= 15 is 0 Å². The smallest absolute Gasteiger partial charge is 0.109 e. The molecule has 2 heterocycles. The second kappa shape index (κ2) is 6.17. The summed E-state index contributed by atoms with van der Waals surface area (Å²) in [5.41, 5.74) is 5.62. The molecule has 2 aromatic heterocycles. The molecule has 0 fully saturated rings. The fourth-order valence-electron chi connectivity index (χ4n) is 2.82. The molecule has 0 spiro atoms. The van der Waals surface area contributed by atoms with Crippen LogP contribution in [0.15, 0.2) is 27.4 Å². The second-order valence-electron chi connectivity index (χ2n) is 5.83. The molecule has 0 amide bonds. The van der Waals surface area contributed by atoms with Crippen molar-refractivity contribution in [2.75, 3.05) is 0 Å². The van der Waals surface area contributed by atoms with E-state index in [1.165, 1.54) is 16.7 Å². The van der Waals surface area contributed by atoms with Gasteiger partial charge >= 0.3 is 0 Å². The van der Waals surface area contributed by atoms with E-state index in [0.29, 0.717) is 0 Å². The SMILES string of the molecule is CCc1c(C)cc(C(C)(C)c2c(Br)ccnc2C)nc1Br. The first kappa shape index (κ1) is 16.6. The lowest BCUT2D eigenvalue weighted by Crippen LogP contribution is -2.23. The van der Waals surface area contributed by atoms with Gasteiger partial charge in [-0.15, -0.1) is 0 Å². The largest absolute Gasteiger partial charge is 0.261 e. The number of hydrogen-bond donors (Lipinski definition) is 0. The molecule has 0 atom stereocenters. The highest BCUT2D eigenvalue weighted by molar-refractivity contribution is 9.10. The normalized spacial score (nSPS) is 11.8. The van der Waals surface area contributed by atoms with Gasteiger partial charge in [-0.3, -0.25) is 4.98 Å². The minimum Gasteiger partial charge on any atom is -0.261 e. The Morgan fingerprint density at radius 2 is 1.86 bits per heavy atom. The van der Waals surface area contributed by atoms with Crippen LogP contribution in [0, 0.1) is 13.8 Å². The maximum Gasteiger partial charge on any atom is 0.109 e. The molecule has 0 aliphatic heterocycles. The van der Waals surface area contributed by atoms with E-state index in [1.807, 2.05) is 19.2 Å². The fraction of sp³-hybridized carbons (Fsp3) is 0.412. The summed E-state index contributed by atoms with van der Waals surface area (Å²) in [7, 11) is 0. The summed E-state index contributed by atoms with van der Waals surface area (Å²) in [6.45, 7) is 10.7. The Hall–Kier alpha value is -0.740. The molecule has 0 saturated heterocycles. The summed E-state index contributed by atoms with van der Waals surface area (Å²) in [6.07, 6.45) is 2.81. The van der Waals surface area contributed by atoms with Crippen molar-refractivity contribution in [3.05, 3.63) is 55.5 Å². The molecule has 2 rings (SSSR count). The molecular formula is C17H20Br2N2. The van der Waals surface area contributed by atoms with E-state index in [0.717, 1.165) is 26.9 Å². The Kier molecular flexibility index (Phi) is 4.89. The Bertz CT molecular complexity index is 635. The number of rotatable bonds is 3. The van der Waals surface area contributed by atoms with Gasteiger partial charge in [0.05, 0.1) is 5.69 Å². The van der Waals surface area contributed by atoms with Crippen LogP contribution in [0.4, 0.5) is 0 Å². The molecule has 4 heteroatoms. The van der Waals surface area contributed by atoms with Crippen LogP contribution < -0.4 is 0 Å². The van der Waals surface area contributed by atoms with Crippen LogP contribution >= 0.6 is 31.9 Å². The zero-order chi connectivity index (χ0) is 15.8. The Morgan fingerprint density at radius 3 is 2.38 bits per heavy atom. The van der Waals surface area contributed by atoms with Crippen LogP contribution in [0.5, 0.6) is 0 Å². The molecular weight excluding hydrogens is 392 g/mol. The van der Waals surface area contributed by atoms with E-state index in [1.54, 1.807) is 0 Å². The summed E-state index contributed by atoms with van der Waals surface area (Å²) in [4.78, 5) is 9.24. The number of nitrogens with zero attached hydrogens (tertiary/aromatic N) is 2. The summed E-state index contributed by atoms with van der Waals surface area (Å²) in [6, 6.07) is 4.19. The van der Waals surface area contributed by atoms with Crippen molar-refractivity contribution < 1.29 is 0 Å². The Labute approximate surface area is 143 Å². The number of pyridine rings is 2. The van der Waals surface area contributed by atoms with Crippen LogP contribution in [-0.2, 0) is 11.8 Å². The molecule has 0 N–H and O–H groups in total. The van der Waals surface area contributed by atoms with E-state index in [-0.39, 0.29) is 5.41 Å². The monoisotopic (exact) mass is 410 g/mol. The third-order valence-corrected chi connectivity index (χ3v) is 5.32. The van der Waals surface area contributed by atoms with Crippen molar-refractivity contribution >= 4 is 31.9 Å². The molecule has 112 valence electrons. The highest BCUT2D eigenvalue weighted by Crippen LogP contribution is 2.38. The molecule has 2 nitrogen and oxygen atoms in total. The number of aromatic nitrogens is 2. The lowest BCUT2D eigenvalue weighted by Gasteiger charge is -2.28. The molecule has 0 aromatic carbocycles. The summed E-state index contributed by atoms with van der Waals surface area (Å²) >= 11 is 7.29. The van der Waals surface area contributed by atoms with Crippen molar-refractivity contribution in [2.45, 2.75) is 46.5 Å². The van der Waals surface area contributed by atoms with Crippen molar-refractivity contribution in [3.63, 3.8) is 0 Å². The van der Waals surface area contributed by atoms with Gasteiger partial charge in [0.2, 0.25) is 0 Å². The second-order valence-corrected chi connectivity index (χ2v) is 7.43. The standard InChI is InChI=1S/C17H20Br2N2/c1-6-12-10(2)9-14(21-16(12)19)17(4,5)15-11(3)20-8-7-13(15)18/h7-9H,6H2,1-5H3. The predicted octanol–water partition coefficient (Wildman–Crippen LogP) is 5.51. The van der Waals surface area contributed by atoms with Crippen LogP contribution in [-0.4, -0.2) is 9.97 Å². The van der Waals surface area contributed by atoms with E-state index in [9.17, 15) is 0 Å². The lowest BCUT2D eigenvalue weighted by atomic mass is 9.79. The van der Waals surface area contributed by atoms with Gasteiger partial charge in [-0.25, -0.2) is 4.98 Å². The fourth-order valence-corrected chi connectivity index (χ4v) is 4.50. The summed E-state index contributed by atoms with van der Waals surface area (Å²) in [5.74, 6) is 0. The molecule has 0 radical (unpaired) electrons. The maximum atomic E-state index is 4.80. The lowest BCUT2D eigenvalue weighted by molar-refractivity contribution is 0.601. The number of aryl methyl sites for hydroxylation is 2. The van der Waals surface area contributed by atoms with Crippen molar-refractivity contribution in [3.8, 4) is 0 Å². The number of hydrogen-bond acceptors (Lipinski definition) is 2. The molecule has 0 aliphatic carbocycles. The number of halogens is 2. The van der Waals surface area contributed by atoms with Crippen molar-refractivity contribution in [1.82, 2.24) is 9.97 Å². The minimum absolute atomic E-state index is 0.212.